The van der Waals surface area contributed by atoms with E-state index in [-0.39, 0.29) is 5.97 Å². The van der Waals surface area contributed by atoms with E-state index >= 15 is 0 Å². The number of aromatic nitrogens is 3. The van der Waals surface area contributed by atoms with Gasteiger partial charge in [0.05, 0.1) is 48.2 Å². The molecule has 3 heterocycles. The molecule has 2 aromatic rings. The van der Waals surface area contributed by atoms with Crippen molar-refractivity contribution in [1.82, 2.24) is 19.7 Å². The molecule has 0 amide bonds. The second kappa shape index (κ2) is 8.31. The normalized spacial score (nSPS) is 21.0. The topological polar surface area (TPSA) is 72.3 Å². The number of hydrogen-bond acceptors (Lipinski definition) is 6. The molecule has 0 spiro atoms. The van der Waals surface area contributed by atoms with Crippen LogP contribution >= 0.6 is 0 Å². The SMILES string of the molecule is COC(=O)c1ccncc1Nc1cnn([C@@H]2CCCN(C3CCC3)CC2)c1C. The average molecular weight is 383 g/mol. The fraction of sp³-hybridized carbons (Fsp3) is 0.571. The molecule has 7 heteroatoms. The molecule has 150 valence electrons. The van der Waals surface area contributed by atoms with Gasteiger partial charge in [-0.15, -0.1) is 0 Å². The summed E-state index contributed by atoms with van der Waals surface area (Å²) in [7, 11) is 1.38. The molecule has 0 unspecified atom stereocenters. The lowest BCUT2D eigenvalue weighted by Crippen LogP contribution is -2.40. The van der Waals surface area contributed by atoms with Crippen molar-refractivity contribution in [2.45, 2.75) is 57.5 Å². The molecule has 0 aromatic carbocycles. The van der Waals surface area contributed by atoms with Gasteiger partial charge in [0.1, 0.15) is 0 Å². The Balaban J connectivity index is 1.48. The van der Waals surface area contributed by atoms with Gasteiger partial charge in [0.25, 0.3) is 0 Å². The van der Waals surface area contributed by atoms with Crippen LogP contribution in [-0.2, 0) is 4.74 Å². The maximum Gasteiger partial charge on any atom is 0.340 e. The molecular weight excluding hydrogens is 354 g/mol. The van der Waals surface area contributed by atoms with Crippen LogP contribution < -0.4 is 5.32 Å². The van der Waals surface area contributed by atoms with Crippen LogP contribution in [0.15, 0.2) is 24.7 Å². The Morgan fingerprint density at radius 1 is 1.11 bits per heavy atom. The first-order valence-electron chi connectivity index (χ1n) is 10.2. The maximum atomic E-state index is 12.0. The number of esters is 1. The van der Waals surface area contributed by atoms with E-state index in [1.807, 2.05) is 6.20 Å². The highest BCUT2D eigenvalue weighted by molar-refractivity contribution is 5.96. The first-order valence-corrected chi connectivity index (χ1v) is 10.2. The van der Waals surface area contributed by atoms with Gasteiger partial charge in [0.2, 0.25) is 0 Å². The number of rotatable bonds is 5. The number of carbonyl (C=O) groups is 1. The first-order chi connectivity index (χ1) is 13.7. The second-order valence-electron chi connectivity index (χ2n) is 7.83. The zero-order valence-electron chi connectivity index (χ0n) is 16.7. The summed E-state index contributed by atoms with van der Waals surface area (Å²) in [4.78, 5) is 18.8. The number of ether oxygens (including phenoxy) is 1. The van der Waals surface area contributed by atoms with Crippen molar-refractivity contribution in [3.63, 3.8) is 0 Å². The summed E-state index contributed by atoms with van der Waals surface area (Å²) in [5, 5.41) is 7.99. The fourth-order valence-corrected chi connectivity index (χ4v) is 4.30. The predicted molar refractivity (Wildman–Crippen MR) is 108 cm³/mol. The molecule has 1 atom stereocenters. The van der Waals surface area contributed by atoms with Crippen LogP contribution in [0.4, 0.5) is 11.4 Å². The van der Waals surface area contributed by atoms with Crippen LogP contribution in [0.2, 0.25) is 0 Å². The van der Waals surface area contributed by atoms with Gasteiger partial charge in [0.15, 0.2) is 0 Å². The van der Waals surface area contributed by atoms with Crippen LogP contribution in [0.5, 0.6) is 0 Å². The number of nitrogens with one attached hydrogen (secondary N) is 1. The average Bonchev–Trinajstić information content (AvgIpc) is 2.88. The van der Waals surface area contributed by atoms with Gasteiger partial charge in [-0.25, -0.2) is 4.79 Å². The summed E-state index contributed by atoms with van der Waals surface area (Å²) in [6.07, 6.45) is 12.7. The van der Waals surface area contributed by atoms with Gasteiger partial charge in [0, 0.05) is 18.8 Å². The van der Waals surface area contributed by atoms with E-state index in [1.165, 1.54) is 39.3 Å². The largest absolute Gasteiger partial charge is 0.465 e. The maximum absolute atomic E-state index is 12.0. The lowest BCUT2D eigenvalue weighted by atomic mass is 9.91. The van der Waals surface area contributed by atoms with E-state index in [2.05, 4.69) is 31.9 Å². The van der Waals surface area contributed by atoms with E-state index in [4.69, 9.17) is 4.74 Å². The number of nitrogens with zero attached hydrogens (tertiary/aromatic N) is 4. The fourth-order valence-electron chi connectivity index (χ4n) is 4.30. The third-order valence-electron chi connectivity index (χ3n) is 6.21. The molecule has 0 radical (unpaired) electrons. The summed E-state index contributed by atoms with van der Waals surface area (Å²) in [6.45, 7) is 4.45. The molecule has 4 rings (SSSR count). The van der Waals surface area contributed by atoms with Crippen molar-refractivity contribution >= 4 is 17.3 Å². The van der Waals surface area contributed by atoms with Crippen LogP contribution in [0.25, 0.3) is 0 Å². The summed E-state index contributed by atoms with van der Waals surface area (Å²) in [5.41, 5.74) is 3.09. The highest BCUT2D eigenvalue weighted by Crippen LogP contribution is 2.32. The summed E-state index contributed by atoms with van der Waals surface area (Å²) in [6, 6.07) is 2.90. The molecular formula is C21H29N5O2. The molecule has 0 bridgehead atoms. The third kappa shape index (κ3) is 3.76. The quantitative estimate of drug-likeness (QED) is 0.794. The third-order valence-corrected chi connectivity index (χ3v) is 6.21. The highest BCUT2D eigenvalue weighted by atomic mass is 16.5. The van der Waals surface area contributed by atoms with Gasteiger partial charge >= 0.3 is 5.97 Å². The number of anilines is 2. The number of methoxy groups -OCH3 is 1. The minimum Gasteiger partial charge on any atom is -0.465 e. The Morgan fingerprint density at radius 2 is 1.93 bits per heavy atom. The molecule has 7 nitrogen and oxygen atoms in total. The van der Waals surface area contributed by atoms with Crippen LogP contribution in [-0.4, -0.2) is 51.9 Å². The van der Waals surface area contributed by atoms with Crippen molar-refractivity contribution in [2.75, 3.05) is 25.5 Å². The van der Waals surface area contributed by atoms with E-state index < -0.39 is 0 Å². The smallest absolute Gasteiger partial charge is 0.340 e. The molecule has 1 saturated carbocycles. The first kappa shape index (κ1) is 18.9. The monoisotopic (exact) mass is 383 g/mol. The van der Waals surface area contributed by atoms with Crippen LogP contribution in [0.1, 0.15) is 60.6 Å². The van der Waals surface area contributed by atoms with Gasteiger partial charge in [-0.2, -0.15) is 5.10 Å². The summed E-state index contributed by atoms with van der Waals surface area (Å²) in [5.74, 6) is -0.380. The van der Waals surface area contributed by atoms with E-state index in [1.54, 1.807) is 18.5 Å². The minimum atomic E-state index is -0.380. The molecule has 2 aromatic heterocycles. The van der Waals surface area contributed by atoms with Crippen LogP contribution in [0, 0.1) is 6.92 Å². The molecule has 2 aliphatic rings. The van der Waals surface area contributed by atoms with Crippen molar-refractivity contribution in [1.29, 1.82) is 0 Å². The van der Waals surface area contributed by atoms with E-state index in [9.17, 15) is 4.79 Å². The Bertz CT molecular complexity index is 830. The summed E-state index contributed by atoms with van der Waals surface area (Å²) < 4.78 is 7.02. The van der Waals surface area contributed by atoms with E-state index in [0.29, 0.717) is 17.3 Å². The standard InChI is InChI=1S/C21H29N5O2/c1-15-19(24-20-13-22-10-8-18(20)21(27)28-2)14-23-26(15)17-7-4-11-25(12-9-17)16-5-3-6-16/h8,10,13-14,16-17,24H,3-7,9,11-12H2,1-2H3/t17-/m1/s1. The number of carbonyl (C=O) groups excluding carboxylic acids is 1. The van der Waals surface area contributed by atoms with Gasteiger partial charge in [-0.3, -0.25) is 9.67 Å². The molecule has 28 heavy (non-hydrogen) atoms. The zero-order valence-corrected chi connectivity index (χ0v) is 16.7. The van der Waals surface area contributed by atoms with Crippen LogP contribution in [0.3, 0.4) is 0 Å². The minimum absolute atomic E-state index is 0.380. The zero-order chi connectivity index (χ0) is 19.5. The predicted octanol–water partition coefficient (Wildman–Crippen LogP) is 3.70. The molecule has 1 N–H and O–H groups in total. The Morgan fingerprint density at radius 3 is 2.68 bits per heavy atom. The van der Waals surface area contributed by atoms with Gasteiger partial charge in [-0.1, -0.05) is 6.42 Å². The molecule has 1 aliphatic carbocycles. The van der Waals surface area contributed by atoms with Crippen molar-refractivity contribution in [2.24, 2.45) is 0 Å². The molecule has 1 saturated heterocycles. The summed E-state index contributed by atoms with van der Waals surface area (Å²) >= 11 is 0. The Kier molecular flexibility index (Phi) is 5.62. The van der Waals surface area contributed by atoms with Crippen molar-refractivity contribution in [3.05, 3.63) is 35.9 Å². The van der Waals surface area contributed by atoms with Crippen molar-refractivity contribution < 1.29 is 9.53 Å². The highest BCUT2D eigenvalue weighted by Gasteiger charge is 2.28. The molecule has 2 fully saturated rings. The lowest BCUT2D eigenvalue weighted by molar-refractivity contribution is 0.0602. The second-order valence-corrected chi connectivity index (χ2v) is 7.83. The Labute approximate surface area is 166 Å². The number of likely N-dealkylation sites (tertiary alicyclic amines) is 1. The Hall–Kier alpha value is -2.41. The number of hydrogen-bond donors (Lipinski definition) is 1. The van der Waals surface area contributed by atoms with Gasteiger partial charge < -0.3 is 15.0 Å². The van der Waals surface area contributed by atoms with Gasteiger partial charge in [-0.05, 0) is 51.6 Å². The molecule has 1 aliphatic heterocycles. The lowest BCUT2D eigenvalue weighted by Gasteiger charge is -2.36. The van der Waals surface area contributed by atoms with Crippen molar-refractivity contribution in [3.8, 4) is 0 Å². The number of pyridine rings is 1. The van der Waals surface area contributed by atoms with E-state index in [0.717, 1.165) is 36.8 Å².